The highest BCUT2D eigenvalue weighted by atomic mass is 19.1. The number of halogens is 1. The number of pyridine rings is 1. The number of rotatable bonds is 4. The molecule has 1 aromatic heterocycles. The molecule has 19 heavy (non-hydrogen) atoms. The van der Waals surface area contributed by atoms with E-state index < -0.39 is 0 Å². The molecule has 0 aliphatic rings. The smallest absolute Gasteiger partial charge is 0.169 e. The van der Waals surface area contributed by atoms with Crippen molar-refractivity contribution in [3.63, 3.8) is 0 Å². The van der Waals surface area contributed by atoms with Gasteiger partial charge in [0.15, 0.2) is 5.78 Å². The summed E-state index contributed by atoms with van der Waals surface area (Å²) in [5, 5.41) is 0. The van der Waals surface area contributed by atoms with Crippen molar-refractivity contribution in [1.82, 2.24) is 4.98 Å². The largest absolute Gasteiger partial charge is 0.294 e. The Morgan fingerprint density at radius 2 is 2.05 bits per heavy atom. The summed E-state index contributed by atoms with van der Waals surface area (Å²) in [6.07, 6.45) is 2.90. The van der Waals surface area contributed by atoms with Crippen LogP contribution in [0.4, 0.5) is 4.39 Å². The van der Waals surface area contributed by atoms with Gasteiger partial charge in [-0.05, 0) is 42.7 Å². The quantitative estimate of drug-likeness (QED) is 0.784. The molecule has 0 radical (unpaired) electrons. The van der Waals surface area contributed by atoms with Gasteiger partial charge in [0.2, 0.25) is 0 Å². The third-order valence-corrected chi connectivity index (χ3v) is 3.14. The zero-order valence-corrected chi connectivity index (χ0v) is 11.1. The average Bonchev–Trinajstić information content (AvgIpc) is 2.42. The van der Waals surface area contributed by atoms with Crippen molar-refractivity contribution in [3.8, 4) is 0 Å². The van der Waals surface area contributed by atoms with E-state index >= 15 is 0 Å². The van der Waals surface area contributed by atoms with Gasteiger partial charge in [0.1, 0.15) is 5.82 Å². The van der Waals surface area contributed by atoms with Gasteiger partial charge in [-0.15, -0.1) is 0 Å². The highest BCUT2D eigenvalue weighted by Gasteiger charge is 2.11. The summed E-state index contributed by atoms with van der Waals surface area (Å²) in [5.74, 6) is -0.489. The standard InChI is InChI=1S/C16H16FNO/c1-3-12-5-7-14(18-10-12)9-16(19)15-8-13(17)6-4-11(15)2/h4-8,10H,3,9H2,1-2H3. The van der Waals surface area contributed by atoms with Crippen LogP contribution in [0, 0.1) is 12.7 Å². The fraction of sp³-hybridized carbons (Fsp3) is 0.250. The molecule has 0 spiro atoms. The molecule has 0 unspecified atom stereocenters. The first-order valence-electron chi connectivity index (χ1n) is 6.33. The molecule has 0 saturated carbocycles. The van der Waals surface area contributed by atoms with Crippen LogP contribution >= 0.6 is 0 Å². The van der Waals surface area contributed by atoms with Crippen molar-refractivity contribution < 1.29 is 9.18 Å². The molecule has 0 aliphatic carbocycles. The molecule has 3 heteroatoms. The molecular formula is C16H16FNO. The maximum Gasteiger partial charge on any atom is 0.169 e. The number of aryl methyl sites for hydroxylation is 2. The van der Waals surface area contributed by atoms with Crippen molar-refractivity contribution >= 4 is 5.78 Å². The molecule has 0 aliphatic heterocycles. The molecule has 0 atom stereocenters. The number of carbonyl (C=O) groups excluding carboxylic acids is 1. The Kier molecular flexibility index (Phi) is 4.05. The van der Waals surface area contributed by atoms with E-state index in [4.69, 9.17) is 0 Å². The van der Waals surface area contributed by atoms with Gasteiger partial charge in [-0.3, -0.25) is 9.78 Å². The second-order valence-electron chi connectivity index (χ2n) is 4.57. The van der Waals surface area contributed by atoms with Gasteiger partial charge >= 0.3 is 0 Å². The topological polar surface area (TPSA) is 30.0 Å². The van der Waals surface area contributed by atoms with Crippen molar-refractivity contribution in [3.05, 3.63) is 64.7 Å². The molecule has 2 rings (SSSR count). The minimum atomic E-state index is -0.386. The Balaban J connectivity index is 2.18. The Morgan fingerprint density at radius 1 is 1.26 bits per heavy atom. The summed E-state index contributed by atoms with van der Waals surface area (Å²) in [6.45, 7) is 3.86. The van der Waals surface area contributed by atoms with E-state index in [0.717, 1.165) is 17.5 Å². The molecule has 1 aromatic carbocycles. The summed E-state index contributed by atoms with van der Waals surface area (Å²) in [7, 11) is 0. The first-order chi connectivity index (χ1) is 9.10. The molecule has 2 nitrogen and oxygen atoms in total. The van der Waals surface area contributed by atoms with E-state index in [1.165, 1.54) is 12.1 Å². The lowest BCUT2D eigenvalue weighted by Gasteiger charge is -2.05. The van der Waals surface area contributed by atoms with E-state index in [-0.39, 0.29) is 18.0 Å². The second kappa shape index (κ2) is 5.74. The molecule has 0 fully saturated rings. The van der Waals surface area contributed by atoms with Crippen molar-refractivity contribution in [2.45, 2.75) is 26.7 Å². The maximum atomic E-state index is 13.2. The van der Waals surface area contributed by atoms with E-state index in [1.807, 2.05) is 12.1 Å². The minimum absolute atomic E-state index is 0.103. The average molecular weight is 257 g/mol. The van der Waals surface area contributed by atoms with Crippen molar-refractivity contribution in [1.29, 1.82) is 0 Å². The molecule has 0 saturated heterocycles. The summed E-state index contributed by atoms with van der Waals surface area (Å²) < 4.78 is 13.2. The number of ketones is 1. The molecule has 0 bridgehead atoms. The monoisotopic (exact) mass is 257 g/mol. The van der Waals surface area contributed by atoms with Crippen LogP contribution in [0.1, 0.15) is 34.1 Å². The number of nitrogens with zero attached hydrogens (tertiary/aromatic N) is 1. The van der Waals surface area contributed by atoms with E-state index in [1.54, 1.807) is 19.2 Å². The summed E-state index contributed by atoms with van der Waals surface area (Å²) in [6, 6.07) is 8.09. The molecule has 1 heterocycles. The molecule has 0 N–H and O–H groups in total. The third kappa shape index (κ3) is 3.25. The Bertz CT molecular complexity index is 590. The van der Waals surface area contributed by atoms with Gasteiger partial charge < -0.3 is 0 Å². The molecule has 98 valence electrons. The van der Waals surface area contributed by atoms with E-state index in [2.05, 4.69) is 11.9 Å². The van der Waals surface area contributed by atoms with E-state index in [9.17, 15) is 9.18 Å². The summed E-state index contributed by atoms with van der Waals surface area (Å²) >= 11 is 0. The number of hydrogen-bond donors (Lipinski definition) is 0. The Hall–Kier alpha value is -2.03. The predicted octanol–water partition coefficient (Wildman–Crippen LogP) is 3.52. The Labute approximate surface area is 112 Å². The Morgan fingerprint density at radius 3 is 2.68 bits per heavy atom. The van der Waals surface area contributed by atoms with Gasteiger partial charge in [0, 0.05) is 17.5 Å². The van der Waals surface area contributed by atoms with Crippen LogP contribution in [0.3, 0.4) is 0 Å². The van der Waals surface area contributed by atoms with Crippen molar-refractivity contribution in [2.24, 2.45) is 0 Å². The number of aromatic nitrogens is 1. The van der Waals surface area contributed by atoms with Crippen LogP contribution in [0.2, 0.25) is 0 Å². The van der Waals surface area contributed by atoms with Crippen LogP contribution in [0.25, 0.3) is 0 Å². The summed E-state index contributed by atoms with van der Waals surface area (Å²) in [5.41, 5.74) is 3.07. The van der Waals surface area contributed by atoms with E-state index in [0.29, 0.717) is 11.3 Å². The van der Waals surface area contributed by atoms with Crippen LogP contribution in [0.15, 0.2) is 36.5 Å². The van der Waals surface area contributed by atoms with Gasteiger partial charge in [0.05, 0.1) is 6.42 Å². The fourth-order valence-corrected chi connectivity index (χ4v) is 1.92. The molecular weight excluding hydrogens is 241 g/mol. The maximum absolute atomic E-state index is 13.2. The van der Waals surface area contributed by atoms with Crippen LogP contribution in [0.5, 0.6) is 0 Å². The lowest BCUT2D eigenvalue weighted by Crippen LogP contribution is -2.07. The fourth-order valence-electron chi connectivity index (χ4n) is 1.92. The third-order valence-electron chi connectivity index (χ3n) is 3.14. The van der Waals surface area contributed by atoms with Crippen LogP contribution in [-0.4, -0.2) is 10.8 Å². The number of Topliss-reactive ketones (excluding diaryl/α,β-unsaturated/α-hetero) is 1. The van der Waals surface area contributed by atoms with Gasteiger partial charge in [0.25, 0.3) is 0 Å². The lowest BCUT2D eigenvalue weighted by atomic mass is 10.0. The lowest BCUT2D eigenvalue weighted by molar-refractivity contribution is 0.0991. The first kappa shape index (κ1) is 13.4. The van der Waals surface area contributed by atoms with Gasteiger partial charge in [-0.2, -0.15) is 0 Å². The number of benzene rings is 1. The van der Waals surface area contributed by atoms with Gasteiger partial charge in [-0.1, -0.05) is 19.1 Å². The zero-order chi connectivity index (χ0) is 13.8. The van der Waals surface area contributed by atoms with Crippen LogP contribution in [-0.2, 0) is 12.8 Å². The van der Waals surface area contributed by atoms with Crippen LogP contribution < -0.4 is 0 Å². The SMILES string of the molecule is CCc1ccc(CC(=O)c2cc(F)ccc2C)nc1. The normalized spacial score (nSPS) is 10.5. The number of hydrogen-bond acceptors (Lipinski definition) is 2. The highest BCUT2D eigenvalue weighted by Crippen LogP contribution is 2.13. The minimum Gasteiger partial charge on any atom is -0.294 e. The van der Waals surface area contributed by atoms with Gasteiger partial charge in [-0.25, -0.2) is 4.39 Å². The highest BCUT2D eigenvalue weighted by molar-refractivity contribution is 5.98. The predicted molar refractivity (Wildman–Crippen MR) is 72.8 cm³/mol. The molecule has 2 aromatic rings. The number of carbonyl (C=O) groups is 1. The molecule has 0 amide bonds. The van der Waals surface area contributed by atoms with Crippen molar-refractivity contribution in [2.75, 3.05) is 0 Å². The first-order valence-corrected chi connectivity index (χ1v) is 6.33. The second-order valence-corrected chi connectivity index (χ2v) is 4.57. The zero-order valence-electron chi connectivity index (χ0n) is 11.1. The summed E-state index contributed by atoms with van der Waals surface area (Å²) in [4.78, 5) is 16.4.